The van der Waals surface area contributed by atoms with E-state index in [1.54, 1.807) is 24.9 Å². The fourth-order valence-electron chi connectivity index (χ4n) is 3.16. The molecule has 1 saturated carbocycles. The lowest BCUT2D eigenvalue weighted by atomic mass is 9.76. The Labute approximate surface area is 145 Å². The number of amides is 1. The molecule has 0 unspecified atom stereocenters. The number of carboxylic acids is 1. The van der Waals surface area contributed by atoms with Gasteiger partial charge in [-0.25, -0.2) is 4.79 Å². The number of benzene rings is 1. The summed E-state index contributed by atoms with van der Waals surface area (Å²) in [6.07, 6.45) is 4.15. The molecule has 1 aliphatic carbocycles. The van der Waals surface area contributed by atoms with Gasteiger partial charge >= 0.3 is 5.97 Å². The second-order valence-corrected chi connectivity index (χ2v) is 7.45. The van der Waals surface area contributed by atoms with E-state index in [4.69, 9.17) is 4.74 Å². The Bertz CT molecular complexity index is 722. The second-order valence-electron chi connectivity index (χ2n) is 6.32. The van der Waals surface area contributed by atoms with Crippen LogP contribution >= 0.6 is 11.8 Å². The van der Waals surface area contributed by atoms with Crippen molar-refractivity contribution < 1.29 is 19.4 Å². The quantitative estimate of drug-likeness (QED) is 0.819. The first-order chi connectivity index (χ1) is 11.4. The maximum Gasteiger partial charge on any atom is 0.329 e. The van der Waals surface area contributed by atoms with Crippen LogP contribution in [0.25, 0.3) is 5.57 Å². The molecular weight excluding hydrogens is 326 g/mol. The Kier molecular flexibility index (Phi) is 4.58. The molecule has 0 atom stereocenters. The summed E-state index contributed by atoms with van der Waals surface area (Å²) in [5.74, 6) is 0.424. The van der Waals surface area contributed by atoms with Crippen LogP contribution in [0, 0.1) is 6.92 Å². The molecule has 0 saturated heterocycles. The highest BCUT2D eigenvalue weighted by atomic mass is 32.2. The molecular formula is C18H21NO4S. The first-order valence-corrected chi connectivity index (χ1v) is 9.02. The van der Waals surface area contributed by atoms with Gasteiger partial charge < -0.3 is 15.2 Å². The molecule has 2 aliphatic rings. The fourth-order valence-corrected chi connectivity index (χ4v) is 4.31. The number of carboxylic acid groups (broad SMARTS) is 1. The monoisotopic (exact) mass is 347 g/mol. The fraction of sp³-hybridized carbons (Fsp3) is 0.444. The van der Waals surface area contributed by atoms with E-state index < -0.39 is 11.5 Å². The summed E-state index contributed by atoms with van der Waals surface area (Å²) in [6, 6.07) is 4.04. The van der Waals surface area contributed by atoms with E-state index in [-0.39, 0.29) is 5.91 Å². The van der Waals surface area contributed by atoms with Crippen molar-refractivity contribution in [2.75, 3.05) is 12.9 Å². The molecule has 2 N–H and O–H groups in total. The zero-order valence-corrected chi connectivity index (χ0v) is 14.7. The zero-order valence-electron chi connectivity index (χ0n) is 13.8. The molecule has 5 nitrogen and oxygen atoms in total. The number of allylic oxidation sites excluding steroid dienone is 1. The van der Waals surface area contributed by atoms with E-state index in [0.29, 0.717) is 12.8 Å². The van der Waals surface area contributed by atoms with Crippen molar-refractivity contribution in [3.63, 3.8) is 0 Å². The molecule has 6 heteroatoms. The lowest BCUT2D eigenvalue weighted by Gasteiger charge is -2.38. The number of thioether (sulfide) groups is 1. The minimum Gasteiger partial charge on any atom is -0.496 e. The zero-order chi connectivity index (χ0) is 17.3. The summed E-state index contributed by atoms with van der Waals surface area (Å²) in [5.41, 5.74) is 1.92. The van der Waals surface area contributed by atoms with E-state index in [2.05, 4.69) is 11.4 Å². The normalized spacial score (nSPS) is 20.0. The first-order valence-electron chi connectivity index (χ1n) is 8.03. The minimum atomic E-state index is -1.08. The van der Waals surface area contributed by atoms with Gasteiger partial charge in [-0.05, 0) is 61.4 Å². The molecule has 0 radical (unpaired) electrons. The lowest BCUT2D eigenvalue weighted by Crippen LogP contribution is -2.58. The van der Waals surface area contributed by atoms with Gasteiger partial charge in [-0.3, -0.25) is 4.79 Å². The second kappa shape index (κ2) is 6.51. The van der Waals surface area contributed by atoms with E-state index in [1.165, 1.54) is 0 Å². The summed E-state index contributed by atoms with van der Waals surface area (Å²) in [7, 11) is 1.63. The molecule has 1 aromatic rings. The van der Waals surface area contributed by atoms with Crippen LogP contribution in [-0.2, 0) is 9.59 Å². The Morgan fingerprint density at radius 3 is 2.71 bits per heavy atom. The number of nitrogens with one attached hydrogen (secondary N) is 1. The van der Waals surface area contributed by atoms with Crippen molar-refractivity contribution in [3.8, 4) is 5.75 Å². The number of rotatable bonds is 4. The molecule has 1 aromatic carbocycles. The molecule has 0 bridgehead atoms. The first kappa shape index (κ1) is 16.9. The summed E-state index contributed by atoms with van der Waals surface area (Å²) < 4.78 is 5.39. The highest BCUT2D eigenvalue weighted by Gasteiger charge is 2.45. The van der Waals surface area contributed by atoms with Crippen molar-refractivity contribution >= 4 is 29.2 Å². The van der Waals surface area contributed by atoms with Crippen LogP contribution in [0.4, 0.5) is 0 Å². The average molecular weight is 347 g/mol. The van der Waals surface area contributed by atoms with Crippen LogP contribution in [0.5, 0.6) is 5.75 Å². The van der Waals surface area contributed by atoms with E-state index in [0.717, 1.165) is 45.9 Å². The van der Waals surface area contributed by atoms with E-state index in [1.807, 2.05) is 13.0 Å². The van der Waals surface area contributed by atoms with Crippen molar-refractivity contribution in [3.05, 3.63) is 29.3 Å². The van der Waals surface area contributed by atoms with Crippen LogP contribution < -0.4 is 10.1 Å². The number of methoxy groups -OCH3 is 1. The average Bonchev–Trinajstić information content (AvgIpc) is 2.50. The van der Waals surface area contributed by atoms with Gasteiger partial charge in [0.05, 0.1) is 7.11 Å². The molecule has 3 rings (SSSR count). The number of fused-ring (bicyclic) bond motifs is 1. The highest BCUT2D eigenvalue weighted by Crippen LogP contribution is 2.40. The lowest BCUT2D eigenvalue weighted by molar-refractivity contribution is -0.151. The van der Waals surface area contributed by atoms with Gasteiger partial charge in [-0.15, -0.1) is 11.8 Å². The molecule has 1 amide bonds. The van der Waals surface area contributed by atoms with Crippen molar-refractivity contribution in [1.82, 2.24) is 5.32 Å². The molecule has 24 heavy (non-hydrogen) atoms. The molecule has 128 valence electrons. The molecule has 0 aromatic heterocycles. The molecule has 1 heterocycles. The van der Waals surface area contributed by atoms with Crippen LogP contribution in [-0.4, -0.2) is 35.4 Å². The Balaban J connectivity index is 1.87. The summed E-state index contributed by atoms with van der Waals surface area (Å²) >= 11 is 1.76. The van der Waals surface area contributed by atoms with Gasteiger partial charge in [0, 0.05) is 16.7 Å². The van der Waals surface area contributed by atoms with Crippen LogP contribution in [0.3, 0.4) is 0 Å². The summed E-state index contributed by atoms with van der Waals surface area (Å²) in [6.45, 7) is 2.00. The van der Waals surface area contributed by atoms with E-state index >= 15 is 0 Å². The number of hydrogen-bond acceptors (Lipinski definition) is 4. The van der Waals surface area contributed by atoms with Gasteiger partial charge in [-0.2, -0.15) is 0 Å². The van der Waals surface area contributed by atoms with Crippen LogP contribution in [0.2, 0.25) is 0 Å². The topological polar surface area (TPSA) is 75.6 Å². The predicted octanol–water partition coefficient (Wildman–Crippen LogP) is 3.01. The number of ether oxygens (including phenoxy) is 1. The highest BCUT2D eigenvalue weighted by molar-refractivity contribution is 7.99. The third-order valence-electron chi connectivity index (χ3n) is 4.76. The minimum absolute atomic E-state index is 0.329. The Hall–Kier alpha value is -1.95. The number of aryl methyl sites for hydroxylation is 1. The van der Waals surface area contributed by atoms with Gasteiger partial charge in [0.1, 0.15) is 11.3 Å². The third-order valence-corrected chi connectivity index (χ3v) is 5.81. The number of aliphatic carboxylic acids is 1. The van der Waals surface area contributed by atoms with Crippen LogP contribution in [0.15, 0.2) is 23.1 Å². The number of carbonyl (C=O) groups is 2. The van der Waals surface area contributed by atoms with Gasteiger partial charge in [0.25, 0.3) is 0 Å². The summed E-state index contributed by atoms with van der Waals surface area (Å²) in [5, 5.41) is 12.0. The molecule has 0 spiro atoms. The molecule has 1 fully saturated rings. The Morgan fingerprint density at radius 2 is 2.12 bits per heavy atom. The molecule has 1 aliphatic heterocycles. The summed E-state index contributed by atoms with van der Waals surface area (Å²) in [4.78, 5) is 24.9. The van der Waals surface area contributed by atoms with Gasteiger partial charge in [-0.1, -0.05) is 0 Å². The third kappa shape index (κ3) is 3.02. The van der Waals surface area contributed by atoms with Gasteiger partial charge in [0.2, 0.25) is 5.91 Å². The predicted molar refractivity (Wildman–Crippen MR) is 93.4 cm³/mol. The van der Waals surface area contributed by atoms with E-state index in [9.17, 15) is 14.7 Å². The van der Waals surface area contributed by atoms with Crippen LogP contribution in [0.1, 0.15) is 36.8 Å². The van der Waals surface area contributed by atoms with Gasteiger partial charge in [0.15, 0.2) is 0 Å². The van der Waals surface area contributed by atoms with Crippen molar-refractivity contribution in [2.45, 2.75) is 43.0 Å². The van der Waals surface area contributed by atoms with Crippen molar-refractivity contribution in [1.29, 1.82) is 0 Å². The van der Waals surface area contributed by atoms with Crippen molar-refractivity contribution in [2.24, 2.45) is 0 Å². The standard InChI is InChI=1S/C18H21NO4S/c1-11-8-15-13(10-14(11)23-2)12(4-7-24-15)9-16(20)19-18(17(21)22)5-3-6-18/h8-10H,3-7H2,1-2H3,(H,19,20)(H,21,22)/b12-9+. The Morgan fingerprint density at radius 1 is 1.38 bits per heavy atom. The number of carbonyl (C=O) groups excluding carboxylic acids is 1. The maximum absolute atomic E-state index is 12.4. The maximum atomic E-state index is 12.4. The SMILES string of the molecule is COc1cc2c(cc1C)SCC/C2=C\C(=O)NC1(C(=O)O)CCC1. The smallest absolute Gasteiger partial charge is 0.329 e. The largest absolute Gasteiger partial charge is 0.496 e. The number of hydrogen-bond donors (Lipinski definition) is 2.